The molecule has 1 atom stereocenters. The second kappa shape index (κ2) is 13.2. The Bertz CT molecular complexity index is 1620. The Balaban J connectivity index is 1.33. The largest absolute Gasteiger partial charge is 0.456 e. The number of aryl methyl sites for hydroxylation is 1. The highest BCUT2D eigenvalue weighted by molar-refractivity contribution is 5.97. The number of benzene rings is 4. The van der Waals surface area contributed by atoms with Crippen LogP contribution < -0.4 is 15.0 Å². The molecule has 6 rings (SSSR count). The van der Waals surface area contributed by atoms with Crippen molar-refractivity contribution in [3.8, 4) is 11.5 Å². The van der Waals surface area contributed by atoms with Crippen LogP contribution in [0.3, 0.4) is 0 Å². The number of para-hydroxylation sites is 1. The minimum absolute atomic E-state index is 0.313. The number of nitrogens with zero attached hydrogens (tertiary/aromatic N) is 1. The number of nitrogens with one attached hydrogen (secondary N) is 1. The molecule has 1 N–H and O–H groups in total. The van der Waals surface area contributed by atoms with Crippen molar-refractivity contribution >= 4 is 23.0 Å². The average Bonchev–Trinajstić information content (AvgIpc) is 3.34. The number of ether oxygens (including phenoxy) is 2. The normalized spacial score (nSPS) is 16.1. The molecule has 4 aromatic rings. The molecule has 1 unspecified atom stereocenters. The van der Waals surface area contributed by atoms with E-state index in [1.54, 1.807) is 0 Å². The van der Waals surface area contributed by atoms with Crippen LogP contribution in [0.25, 0.3) is 0 Å². The lowest BCUT2D eigenvalue weighted by molar-refractivity contribution is 0.0224. The summed E-state index contributed by atoms with van der Waals surface area (Å²) in [6.45, 7) is 8.48. The summed E-state index contributed by atoms with van der Waals surface area (Å²) >= 11 is 0. The third-order valence-corrected chi connectivity index (χ3v) is 9.12. The van der Waals surface area contributed by atoms with Gasteiger partial charge in [0.15, 0.2) is 5.60 Å². The van der Waals surface area contributed by atoms with Gasteiger partial charge in [-0.05, 0) is 68.3 Å². The molecule has 0 bridgehead atoms. The number of hydrogen-bond acceptors (Lipinski definition) is 5. The highest BCUT2D eigenvalue weighted by Gasteiger charge is 2.53. The predicted molar refractivity (Wildman–Crippen MR) is 180 cm³/mol. The minimum atomic E-state index is -1.09. The number of carbonyl (C=O) groups is 1. The highest BCUT2D eigenvalue weighted by atomic mass is 16.6. The third-order valence-electron chi connectivity index (χ3n) is 9.12. The van der Waals surface area contributed by atoms with Crippen molar-refractivity contribution < 1.29 is 14.3 Å². The summed E-state index contributed by atoms with van der Waals surface area (Å²) in [5.74, 6) is 1.13. The molecule has 0 aromatic heterocycles. The lowest BCUT2D eigenvalue weighted by Crippen LogP contribution is -2.33. The van der Waals surface area contributed by atoms with Gasteiger partial charge in [-0.15, -0.1) is 0 Å². The zero-order valence-corrected chi connectivity index (χ0v) is 26.3. The molecule has 0 amide bonds. The Morgan fingerprint density at radius 3 is 2.20 bits per heavy atom. The van der Waals surface area contributed by atoms with Gasteiger partial charge in [0.05, 0.1) is 5.56 Å². The van der Waals surface area contributed by atoms with Crippen molar-refractivity contribution in [1.29, 1.82) is 0 Å². The molecule has 1 spiro atoms. The molecule has 0 radical (unpaired) electrons. The van der Waals surface area contributed by atoms with Gasteiger partial charge in [-0.25, -0.2) is 4.79 Å². The Morgan fingerprint density at radius 2 is 1.43 bits per heavy atom. The fraction of sp³-hybridized carbons (Fsp3) is 0.359. The molecule has 228 valence electrons. The summed E-state index contributed by atoms with van der Waals surface area (Å²) in [4.78, 5) is 15.8. The van der Waals surface area contributed by atoms with Gasteiger partial charge in [-0.3, -0.25) is 0 Å². The molecule has 2 aliphatic rings. The third kappa shape index (κ3) is 5.68. The van der Waals surface area contributed by atoms with Crippen LogP contribution in [-0.2, 0) is 10.3 Å². The van der Waals surface area contributed by atoms with Gasteiger partial charge in [0.25, 0.3) is 0 Å². The van der Waals surface area contributed by atoms with Crippen molar-refractivity contribution in [1.82, 2.24) is 0 Å². The van der Waals surface area contributed by atoms with E-state index in [1.165, 1.54) is 51.4 Å². The summed E-state index contributed by atoms with van der Waals surface area (Å²) in [7, 11) is 0. The maximum Gasteiger partial charge on any atom is 0.340 e. The number of hydrogen-bond donors (Lipinski definition) is 1. The number of fused-ring (bicyclic) bond motifs is 6. The van der Waals surface area contributed by atoms with Gasteiger partial charge in [0, 0.05) is 52.9 Å². The Hall–Kier alpha value is -4.25. The van der Waals surface area contributed by atoms with E-state index >= 15 is 0 Å². The van der Waals surface area contributed by atoms with E-state index in [0.29, 0.717) is 11.3 Å². The van der Waals surface area contributed by atoms with E-state index in [0.717, 1.165) is 58.2 Å². The molecule has 0 saturated heterocycles. The lowest BCUT2D eigenvalue weighted by Gasteiger charge is -2.38. The molecule has 0 saturated carbocycles. The first-order valence-electron chi connectivity index (χ1n) is 16.4. The lowest BCUT2D eigenvalue weighted by atomic mass is 9.77. The predicted octanol–water partition coefficient (Wildman–Crippen LogP) is 10.3. The molecule has 4 aromatic carbocycles. The monoisotopic (exact) mass is 588 g/mol. The summed E-state index contributed by atoms with van der Waals surface area (Å²) in [5, 5.41) is 3.56. The number of esters is 1. The van der Waals surface area contributed by atoms with Crippen molar-refractivity contribution in [3.63, 3.8) is 0 Å². The zero-order chi connectivity index (χ0) is 30.5. The van der Waals surface area contributed by atoms with Crippen molar-refractivity contribution in [2.24, 2.45) is 0 Å². The van der Waals surface area contributed by atoms with Gasteiger partial charge >= 0.3 is 5.97 Å². The standard InChI is InChI=1S/C39H44N2O3/c1-4-6-7-8-9-10-11-17-24-41(5-2)30-22-23-33-37(26-30)43-36-25-28(3)35(40-29-18-13-12-14-19-29)27-34(36)39(33)32-21-16-15-20-31(32)38(42)44-39/h12-16,18-23,25-27,40H,4-11,17,24H2,1-3H3. The van der Waals surface area contributed by atoms with Crippen molar-refractivity contribution in [2.75, 3.05) is 23.3 Å². The minimum Gasteiger partial charge on any atom is -0.456 e. The quantitative estimate of drug-likeness (QED) is 0.124. The highest BCUT2D eigenvalue weighted by Crippen LogP contribution is 2.57. The molecule has 0 fully saturated rings. The van der Waals surface area contributed by atoms with Crippen LogP contribution in [-0.4, -0.2) is 19.1 Å². The van der Waals surface area contributed by atoms with Crippen LogP contribution in [0.1, 0.15) is 97.8 Å². The topological polar surface area (TPSA) is 50.8 Å². The van der Waals surface area contributed by atoms with Crippen LogP contribution in [0.2, 0.25) is 0 Å². The maximum atomic E-state index is 13.4. The summed E-state index contributed by atoms with van der Waals surface area (Å²) in [5.41, 5.74) is 6.14. The Kier molecular flexibility index (Phi) is 8.92. The number of unbranched alkanes of at least 4 members (excludes halogenated alkanes) is 7. The van der Waals surface area contributed by atoms with Gasteiger partial charge in [-0.1, -0.05) is 88.3 Å². The maximum absolute atomic E-state index is 13.4. The van der Waals surface area contributed by atoms with E-state index < -0.39 is 5.60 Å². The molecule has 5 nitrogen and oxygen atoms in total. The SMILES string of the molecule is CCCCCCCCCCN(CC)c1ccc2c(c1)Oc1cc(C)c(Nc3ccccc3)cc1C21OC(=O)c2ccccc21. The van der Waals surface area contributed by atoms with Crippen LogP contribution in [0.4, 0.5) is 17.1 Å². The van der Waals surface area contributed by atoms with Gasteiger partial charge < -0.3 is 19.7 Å². The molecule has 44 heavy (non-hydrogen) atoms. The van der Waals surface area contributed by atoms with Gasteiger partial charge in [0.1, 0.15) is 11.5 Å². The van der Waals surface area contributed by atoms with Crippen molar-refractivity contribution in [3.05, 3.63) is 113 Å². The fourth-order valence-electron chi connectivity index (χ4n) is 6.72. The second-order valence-corrected chi connectivity index (χ2v) is 12.1. The first-order chi connectivity index (χ1) is 21.5. The van der Waals surface area contributed by atoms with Gasteiger partial charge in [-0.2, -0.15) is 0 Å². The molecule has 2 aliphatic heterocycles. The summed E-state index contributed by atoms with van der Waals surface area (Å²) in [6, 6.07) is 28.4. The first kappa shape index (κ1) is 29.8. The van der Waals surface area contributed by atoms with Gasteiger partial charge in [0.2, 0.25) is 0 Å². The zero-order valence-electron chi connectivity index (χ0n) is 26.3. The smallest absolute Gasteiger partial charge is 0.340 e. The van der Waals surface area contributed by atoms with E-state index in [-0.39, 0.29) is 5.97 Å². The van der Waals surface area contributed by atoms with E-state index in [4.69, 9.17) is 9.47 Å². The van der Waals surface area contributed by atoms with Crippen LogP contribution in [0.15, 0.2) is 84.9 Å². The number of anilines is 3. The van der Waals surface area contributed by atoms with Crippen molar-refractivity contribution in [2.45, 2.75) is 77.7 Å². The van der Waals surface area contributed by atoms with E-state index in [1.807, 2.05) is 54.6 Å². The summed E-state index contributed by atoms with van der Waals surface area (Å²) < 4.78 is 13.1. The molecule has 0 aliphatic carbocycles. The Morgan fingerprint density at radius 1 is 0.727 bits per heavy atom. The Labute approximate surface area is 262 Å². The fourth-order valence-corrected chi connectivity index (χ4v) is 6.72. The number of rotatable bonds is 13. The van der Waals surface area contributed by atoms with Crippen LogP contribution in [0.5, 0.6) is 11.5 Å². The number of carbonyl (C=O) groups excluding carboxylic acids is 1. The molecular formula is C39H44N2O3. The molecule has 5 heteroatoms. The second-order valence-electron chi connectivity index (χ2n) is 12.1. The van der Waals surface area contributed by atoms with Crippen LogP contribution >= 0.6 is 0 Å². The van der Waals surface area contributed by atoms with E-state index in [2.05, 4.69) is 61.3 Å². The van der Waals surface area contributed by atoms with E-state index in [9.17, 15) is 4.79 Å². The summed E-state index contributed by atoms with van der Waals surface area (Å²) in [6.07, 6.45) is 10.4. The first-order valence-corrected chi connectivity index (χ1v) is 16.4. The molecule has 2 heterocycles. The average molecular weight is 589 g/mol. The molecular weight excluding hydrogens is 544 g/mol. The van der Waals surface area contributed by atoms with Crippen LogP contribution in [0, 0.1) is 6.92 Å².